The van der Waals surface area contributed by atoms with E-state index in [1.54, 1.807) is 12.1 Å². The summed E-state index contributed by atoms with van der Waals surface area (Å²) < 4.78 is 18.4. The summed E-state index contributed by atoms with van der Waals surface area (Å²) in [5, 5.41) is 12.2. The van der Waals surface area contributed by atoms with E-state index < -0.39 is 0 Å². The molecule has 1 aliphatic heterocycles. The van der Waals surface area contributed by atoms with E-state index in [-0.39, 0.29) is 17.8 Å². The highest BCUT2D eigenvalue weighted by molar-refractivity contribution is 5.76. The van der Waals surface area contributed by atoms with Crippen LogP contribution in [0, 0.1) is 5.82 Å². The summed E-state index contributed by atoms with van der Waals surface area (Å²) in [6, 6.07) is 6.13. The summed E-state index contributed by atoms with van der Waals surface area (Å²) >= 11 is 0. The molecule has 2 aromatic rings. The second-order valence-corrected chi connectivity index (χ2v) is 6.04. The molecule has 0 aliphatic carbocycles. The average molecular weight is 347 g/mol. The van der Waals surface area contributed by atoms with Gasteiger partial charge in [-0.1, -0.05) is 6.92 Å². The number of tetrazole rings is 1. The summed E-state index contributed by atoms with van der Waals surface area (Å²) in [5.74, 6) is 0.294. The van der Waals surface area contributed by atoms with Gasteiger partial charge in [-0.2, -0.15) is 4.80 Å². The molecular weight excluding hydrogens is 325 g/mol. The minimum atomic E-state index is -0.303. The number of carbonyl (C=O) groups is 1. The highest BCUT2D eigenvalue weighted by atomic mass is 19.1. The van der Waals surface area contributed by atoms with E-state index in [4.69, 9.17) is 4.74 Å². The van der Waals surface area contributed by atoms with E-state index >= 15 is 0 Å². The average Bonchev–Trinajstić information content (AvgIpc) is 3.11. The van der Waals surface area contributed by atoms with Crippen LogP contribution in [0.5, 0.6) is 0 Å². The molecule has 7 nitrogen and oxygen atoms in total. The van der Waals surface area contributed by atoms with Crippen LogP contribution in [0.2, 0.25) is 0 Å². The van der Waals surface area contributed by atoms with Gasteiger partial charge in [0.05, 0.1) is 25.8 Å². The Morgan fingerprint density at radius 1 is 1.36 bits per heavy atom. The van der Waals surface area contributed by atoms with Gasteiger partial charge in [0.2, 0.25) is 11.7 Å². The molecular formula is C17H22FN5O2. The van der Waals surface area contributed by atoms with E-state index in [2.05, 4.69) is 22.3 Å². The van der Waals surface area contributed by atoms with Crippen LogP contribution >= 0.6 is 0 Å². The molecule has 0 spiro atoms. The molecule has 8 heteroatoms. The zero-order valence-corrected chi connectivity index (χ0v) is 14.3. The van der Waals surface area contributed by atoms with E-state index in [0.717, 1.165) is 6.42 Å². The summed E-state index contributed by atoms with van der Waals surface area (Å²) in [6.07, 6.45) is 1.99. The number of benzene rings is 1. The van der Waals surface area contributed by atoms with Crippen LogP contribution in [0.4, 0.5) is 4.39 Å². The Hall–Kier alpha value is -2.35. The monoisotopic (exact) mass is 347 g/mol. The molecule has 1 saturated heterocycles. The molecule has 1 amide bonds. The number of morpholine rings is 1. The lowest BCUT2D eigenvalue weighted by molar-refractivity contribution is -0.140. The van der Waals surface area contributed by atoms with Gasteiger partial charge in [0.15, 0.2) is 0 Å². The Balaban J connectivity index is 1.50. The highest BCUT2D eigenvalue weighted by Gasteiger charge is 2.25. The zero-order valence-electron chi connectivity index (χ0n) is 14.3. The molecule has 1 atom stereocenters. The maximum atomic E-state index is 13.0. The lowest BCUT2D eigenvalue weighted by Crippen LogP contribution is -2.48. The quantitative estimate of drug-likeness (QED) is 0.798. The largest absolute Gasteiger partial charge is 0.377 e. The zero-order chi connectivity index (χ0) is 17.6. The van der Waals surface area contributed by atoms with Crippen molar-refractivity contribution in [1.82, 2.24) is 25.1 Å². The molecule has 25 heavy (non-hydrogen) atoms. The number of rotatable bonds is 6. The maximum Gasteiger partial charge on any atom is 0.223 e. The number of aromatic nitrogens is 4. The molecule has 1 aromatic heterocycles. The van der Waals surface area contributed by atoms with Gasteiger partial charge in [0.25, 0.3) is 0 Å². The molecule has 0 bridgehead atoms. The molecule has 1 aromatic carbocycles. The molecule has 0 saturated carbocycles. The predicted octanol–water partition coefficient (Wildman–Crippen LogP) is 1.90. The molecule has 1 fully saturated rings. The van der Waals surface area contributed by atoms with E-state index in [1.807, 2.05) is 4.90 Å². The number of aryl methyl sites for hydroxylation is 1. The van der Waals surface area contributed by atoms with Crippen molar-refractivity contribution < 1.29 is 13.9 Å². The molecule has 1 aliphatic rings. The van der Waals surface area contributed by atoms with Crippen LogP contribution in [-0.2, 0) is 16.1 Å². The molecule has 134 valence electrons. The molecule has 2 heterocycles. The first kappa shape index (κ1) is 17.5. The van der Waals surface area contributed by atoms with Crippen molar-refractivity contribution in [1.29, 1.82) is 0 Å². The third kappa shape index (κ3) is 4.39. The minimum Gasteiger partial charge on any atom is -0.377 e. The van der Waals surface area contributed by atoms with Crippen molar-refractivity contribution in [3.8, 4) is 11.4 Å². The number of hydrogen-bond donors (Lipinski definition) is 0. The first-order valence-electron chi connectivity index (χ1n) is 8.58. The number of halogens is 1. The Bertz CT molecular complexity index is 703. The van der Waals surface area contributed by atoms with Crippen LogP contribution in [-0.4, -0.2) is 56.8 Å². The van der Waals surface area contributed by atoms with E-state index in [9.17, 15) is 9.18 Å². The van der Waals surface area contributed by atoms with Gasteiger partial charge in [-0.05, 0) is 42.3 Å². The third-order valence-corrected chi connectivity index (χ3v) is 4.32. The van der Waals surface area contributed by atoms with Gasteiger partial charge >= 0.3 is 0 Å². The maximum absolute atomic E-state index is 13.0. The number of nitrogens with zero attached hydrogens (tertiary/aromatic N) is 5. The summed E-state index contributed by atoms with van der Waals surface area (Å²) in [7, 11) is 0. The van der Waals surface area contributed by atoms with Crippen LogP contribution < -0.4 is 0 Å². The Kier molecular flexibility index (Phi) is 5.70. The normalized spacial score (nSPS) is 17.7. The number of carbonyl (C=O) groups excluding carboxylic acids is 1. The van der Waals surface area contributed by atoms with Gasteiger partial charge in [-0.15, -0.1) is 10.2 Å². The number of amides is 1. The fourth-order valence-electron chi connectivity index (χ4n) is 2.89. The van der Waals surface area contributed by atoms with Crippen LogP contribution in [0.3, 0.4) is 0 Å². The van der Waals surface area contributed by atoms with Crippen molar-refractivity contribution >= 4 is 5.91 Å². The SMILES string of the molecule is CC[C@H]1COCCN1C(=O)CCCn1nnc(-c2ccc(F)cc2)n1. The first-order chi connectivity index (χ1) is 12.2. The van der Waals surface area contributed by atoms with Crippen molar-refractivity contribution in [2.75, 3.05) is 19.8 Å². The Morgan fingerprint density at radius 2 is 2.16 bits per heavy atom. The van der Waals surface area contributed by atoms with Gasteiger partial charge in [-0.3, -0.25) is 4.79 Å². The summed E-state index contributed by atoms with van der Waals surface area (Å²) in [4.78, 5) is 15.8. The van der Waals surface area contributed by atoms with Crippen molar-refractivity contribution in [2.24, 2.45) is 0 Å². The lowest BCUT2D eigenvalue weighted by Gasteiger charge is -2.35. The molecule has 0 N–H and O–H groups in total. The number of ether oxygens (including phenoxy) is 1. The molecule has 0 radical (unpaired) electrons. The van der Waals surface area contributed by atoms with Gasteiger partial charge in [-0.25, -0.2) is 4.39 Å². The molecule has 0 unspecified atom stereocenters. The van der Waals surface area contributed by atoms with Crippen molar-refractivity contribution in [3.05, 3.63) is 30.1 Å². The van der Waals surface area contributed by atoms with Gasteiger partial charge in [0.1, 0.15) is 5.82 Å². The smallest absolute Gasteiger partial charge is 0.223 e. The predicted molar refractivity (Wildman–Crippen MR) is 89.1 cm³/mol. The number of hydrogen-bond acceptors (Lipinski definition) is 5. The molecule has 3 rings (SSSR count). The summed E-state index contributed by atoms with van der Waals surface area (Å²) in [6.45, 7) is 4.46. The fourth-order valence-corrected chi connectivity index (χ4v) is 2.89. The van der Waals surface area contributed by atoms with Gasteiger partial charge < -0.3 is 9.64 Å². The van der Waals surface area contributed by atoms with Crippen LogP contribution in [0.25, 0.3) is 11.4 Å². The van der Waals surface area contributed by atoms with Crippen LogP contribution in [0.15, 0.2) is 24.3 Å². The minimum absolute atomic E-state index is 0.147. The van der Waals surface area contributed by atoms with Crippen molar-refractivity contribution in [3.63, 3.8) is 0 Å². The van der Waals surface area contributed by atoms with Gasteiger partial charge in [0, 0.05) is 18.5 Å². The Labute approximate surface area is 145 Å². The fraction of sp³-hybridized carbons (Fsp3) is 0.529. The second kappa shape index (κ2) is 8.15. The Morgan fingerprint density at radius 3 is 2.92 bits per heavy atom. The van der Waals surface area contributed by atoms with E-state index in [1.165, 1.54) is 16.9 Å². The standard InChI is InChI=1S/C17H22FN5O2/c1-2-15-12-25-11-10-22(15)16(24)4-3-9-23-20-17(19-21-23)13-5-7-14(18)8-6-13/h5-8,15H,2-4,9-12H2,1H3/t15-/m0/s1. The van der Waals surface area contributed by atoms with E-state index in [0.29, 0.717) is 50.5 Å². The highest BCUT2D eigenvalue weighted by Crippen LogP contribution is 2.15. The van der Waals surface area contributed by atoms with Crippen LogP contribution in [0.1, 0.15) is 26.2 Å². The topological polar surface area (TPSA) is 73.1 Å². The lowest BCUT2D eigenvalue weighted by atomic mass is 10.1. The summed E-state index contributed by atoms with van der Waals surface area (Å²) in [5.41, 5.74) is 0.711. The third-order valence-electron chi connectivity index (χ3n) is 4.32. The first-order valence-corrected chi connectivity index (χ1v) is 8.58. The van der Waals surface area contributed by atoms with Crippen molar-refractivity contribution in [2.45, 2.75) is 38.8 Å². The second-order valence-electron chi connectivity index (χ2n) is 6.04.